The number of hydrogen-bond acceptors (Lipinski definition) is 3. The zero-order chi connectivity index (χ0) is 15.1. The van der Waals surface area contributed by atoms with Crippen LogP contribution in [-0.4, -0.2) is 36.5 Å². The summed E-state index contributed by atoms with van der Waals surface area (Å²) < 4.78 is 64.4. The minimum absolute atomic E-state index is 0.179. The van der Waals surface area contributed by atoms with Crippen molar-refractivity contribution < 1.29 is 26.7 Å². The average molecular weight is 309 g/mol. The summed E-state index contributed by atoms with van der Waals surface area (Å²) in [6.45, 7) is 1.48. The highest BCUT2D eigenvalue weighted by molar-refractivity contribution is 7.89. The molecule has 1 aromatic carbocycles. The molecule has 0 amide bonds. The van der Waals surface area contributed by atoms with E-state index in [4.69, 9.17) is 0 Å². The molecule has 0 saturated carbocycles. The Hall–Kier alpha value is -1.12. The highest BCUT2D eigenvalue weighted by atomic mass is 32.2. The molecule has 1 fully saturated rings. The van der Waals surface area contributed by atoms with Crippen molar-refractivity contribution in [2.45, 2.75) is 30.3 Å². The summed E-state index contributed by atoms with van der Waals surface area (Å²) in [6, 6.07) is 1.24. The fourth-order valence-electron chi connectivity index (χ4n) is 2.25. The molecule has 0 aromatic heterocycles. The van der Waals surface area contributed by atoms with E-state index < -0.39 is 38.0 Å². The summed E-state index contributed by atoms with van der Waals surface area (Å²) in [5.74, 6) is -5.01. The van der Waals surface area contributed by atoms with Gasteiger partial charge in [-0.1, -0.05) is 13.3 Å². The van der Waals surface area contributed by atoms with Crippen molar-refractivity contribution in [1.29, 1.82) is 0 Å². The van der Waals surface area contributed by atoms with Gasteiger partial charge in [-0.3, -0.25) is 0 Å². The van der Waals surface area contributed by atoms with Gasteiger partial charge in [-0.25, -0.2) is 21.6 Å². The minimum atomic E-state index is -4.27. The standard InChI is InChI=1S/C12H14F3NO3S/c1-2-5-12(17)6-16(7-12)20(18,19)9-4-3-8(13)10(14)11(9)15/h3-4,17H,2,5-7H2,1H3. The summed E-state index contributed by atoms with van der Waals surface area (Å²) in [5.41, 5.74) is -1.13. The zero-order valence-electron chi connectivity index (χ0n) is 10.7. The van der Waals surface area contributed by atoms with Gasteiger partial charge < -0.3 is 5.11 Å². The summed E-state index contributed by atoms with van der Waals surface area (Å²) in [4.78, 5) is -0.921. The molecule has 1 N–H and O–H groups in total. The molecule has 0 unspecified atom stereocenters. The first-order valence-electron chi connectivity index (χ1n) is 6.07. The molecule has 4 nitrogen and oxygen atoms in total. The molecule has 20 heavy (non-hydrogen) atoms. The SMILES string of the molecule is CCCC1(O)CN(S(=O)(=O)c2ccc(F)c(F)c2F)C1. The number of sulfonamides is 1. The van der Waals surface area contributed by atoms with Crippen molar-refractivity contribution in [2.75, 3.05) is 13.1 Å². The smallest absolute Gasteiger partial charge is 0.246 e. The first-order valence-corrected chi connectivity index (χ1v) is 7.51. The molecule has 1 saturated heterocycles. The Morgan fingerprint density at radius 3 is 2.40 bits per heavy atom. The number of hydrogen-bond donors (Lipinski definition) is 1. The fraction of sp³-hybridized carbons (Fsp3) is 0.500. The molecule has 8 heteroatoms. The van der Waals surface area contributed by atoms with Crippen LogP contribution in [0, 0.1) is 17.5 Å². The van der Waals surface area contributed by atoms with Gasteiger partial charge in [0.2, 0.25) is 10.0 Å². The van der Waals surface area contributed by atoms with Crippen LogP contribution in [0.25, 0.3) is 0 Å². The molecule has 1 aliphatic rings. The molecular formula is C12H14F3NO3S. The predicted octanol–water partition coefficient (Wildman–Crippen LogP) is 1.64. The molecule has 112 valence electrons. The van der Waals surface area contributed by atoms with E-state index in [0.717, 1.165) is 4.31 Å². The third kappa shape index (κ3) is 2.43. The largest absolute Gasteiger partial charge is 0.387 e. The second-order valence-electron chi connectivity index (χ2n) is 4.92. The Balaban J connectivity index is 2.28. The lowest BCUT2D eigenvalue weighted by Crippen LogP contribution is -2.63. The number of aliphatic hydroxyl groups is 1. The second kappa shape index (κ2) is 5.01. The van der Waals surface area contributed by atoms with Crippen LogP contribution >= 0.6 is 0 Å². The van der Waals surface area contributed by atoms with Crippen molar-refractivity contribution in [3.63, 3.8) is 0 Å². The predicted molar refractivity (Wildman–Crippen MR) is 64.9 cm³/mol. The number of nitrogens with zero attached hydrogens (tertiary/aromatic N) is 1. The lowest BCUT2D eigenvalue weighted by Gasteiger charge is -2.45. The molecule has 1 heterocycles. The first-order chi connectivity index (χ1) is 9.21. The lowest BCUT2D eigenvalue weighted by atomic mass is 9.92. The van der Waals surface area contributed by atoms with Crippen LogP contribution in [0.5, 0.6) is 0 Å². The molecular weight excluding hydrogens is 295 g/mol. The maximum Gasteiger partial charge on any atom is 0.246 e. The molecule has 0 radical (unpaired) electrons. The second-order valence-corrected chi connectivity index (χ2v) is 6.83. The quantitative estimate of drug-likeness (QED) is 0.860. The molecule has 0 bridgehead atoms. The number of benzene rings is 1. The number of halogens is 3. The Morgan fingerprint density at radius 1 is 1.25 bits per heavy atom. The van der Waals surface area contributed by atoms with Gasteiger partial charge in [0.25, 0.3) is 0 Å². The van der Waals surface area contributed by atoms with Crippen LogP contribution in [0.2, 0.25) is 0 Å². The van der Waals surface area contributed by atoms with E-state index >= 15 is 0 Å². The topological polar surface area (TPSA) is 57.6 Å². The van der Waals surface area contributed by atoms with Gasteiger partial charge in [0, 0.05) is 13.1 Å². The van der Waals surface area contributed by atoms with E-state index in [0.29, 0.717) is 25.0 Å². The van der Waals surface area contributed by atoms with Gasteiger partial charge in [0.15, 0.2) is 17.5 Å². The normalized spacial score (nSPS) is 18.9. The summed E-state index contributed by atoms with van der Waals surface area (Å²) in [5, 5.41) is 9.92. The highest BCUT2D eigenvalue weighted by Crippen LogP contribution is 2.32. The van der Waals surface area contributed by atoms with Crippen LogP contribution in [-0.2, 0) is 10.0 Å². The molecule has 1 aliphatic heterocycles. The summed E-state index contributed by atoms with van der Waals surface area (Å²) in [6.07, 6.45) is 1.09. The van der Waals surface area contributed by atoms with Crippen LogP contribution in [0.4, 0.5) is 13.2 Å². The lowest BCUT2D eigenvalue weighted by molar-refractivity contribution is -0.0654. The van der Waals surface area contributed by atoms with Crippen molar-refractivity contribution in [3.8, 4) is 0 Å². The third-order valence-corrected chi connectivity index (χ3v) is 5.08. The monoisotopic (exact) mass is 309 g/mol. The van der Waals surface area contributed by atoms with E-state index in [2.05, 4.69) is 0 Å². The maximum atomic E-state index is 13.5. The van der Waals surface area contributed by atoms with Crippen molar-refractivity contribution >= 4 is 10.0 Å². The molecule has 0 atom stereocenters. The fourth-order valence-corrected chi connectivity index (χ4v) is 3.90. The van der Waals surface area contributed by atoms with Crippen LogP contribution in [0.3, 0.4) is 0 Å². The third-order valence-electron chi connectivity index (χ3n) is 3.27. The van der Waals surface area contributed by atoms with Gasteiger partial charge in [-0.2, -0.15) is 4.31 Å². The average Bonchev–Trinajstić information content (AvgIpc) is 2.33. The Bertz CT molecular complexity index is 627. The number of β-amino-alcohol motifs (C(OH)–C–C–N with tert-alkyl or cyclic N) is 1. The van der Waals surface area contributed by atoms with Crippen LogP contribution < -0.4 is 0 Å². The van der Waals surface area contributed by atoms with E-state index in [1.807, 2.05) is 6.92 Å². The van der Waals surface area contributed by atoms with Crippen molar-refractivity contribution in [3.05, 3.63) is 29.6 Å². The van der Waals surface area contributed by atoms with Crippen LogP contribution in [0.15, 0.2) is 17.0 Å². The van der Waals surface area contributed by atoms with Gasteiger partial charge >= 0.3 is 0 Å². The molecule has 2 rings (SSSR count). The van der Waals surface area contributed by atoms with E-state index in [1.165, 1.54) is 0 Å². The Labute approximate surface area is 114 Å². The van der Waals surface area contributed by atoms with Gasteiger partial charge in [-0.15, -0.1) is 0 Å². The first kappa shape index (κ1) is 15.3. The van der Waals surface area contributed by atoms with E-state index in [1.54, 1.807) is 0 Å². The maximum absolute atomic E-state index is 13.5. The van der Waals surface area contributed by atoms with Crippen LogP contribution in [0.1, 0.15) is 19.8 Å². The van der Waals surface area contributed by atoms with Gasteiger partial charge in [0.1, 0.15) is 4.90 Å². The van der Waals surface area contributed by atoms with Gasteiger partial charge in [-0.05, 0) is 18.6 Å². The van der Waals surface area contributed by atoms with Crippen molar-refractivity contribution in [2.24, 2.45) is 0 Å². The van der Waals surface area contributed by atoms with E-state index in [9.17, 15) is 26.7 Å². The molecule has 0 aliphatic carbocycles. The Morgan fingerprint density at radius 2 is 1.85 bits per heavy atom. The highest BCUT2D eigenvalue weighted by Gasteiger charge is 2.47. The van der Waals surface area contributed by atoms with E-state index in [-0.39, 0.29) is 13.1 Å². The number of rotatable bonds is 4. The molecule has 1 aromatic rings. The minimum Gasteiger partial charge on any atom is -0.387 e. The summed E-state index contributed by atoms with van der Waals surface area (Å²) in [7, 11) is -4.27. The van der Waals surface area contributed by atoms with Crippen molar-refractivity contribution in [1.82, 2.24) is 4.31 Å². The summed E-state index contributed by atoms with van der Waals surface area (Å²) >= 11 is 0. The van der Waals surface area contributed by atoms with Gasteiger partial charge in [0.05, 0.1) is 5.60 Å². The Kier molecular flexibility index (Phi) is 3.83. The zero-order valence-corrected chi connectivity index (χ0v) is 11.6. The molecule has 0 spiro atoms.